The van der Waals surface area contributed by atoms with Crippen molar-refractivity contribution in [3.8, 4) is 0 Å². The summed E-state index contributed by atoms with van der Waals surface area (Å²) in [4.78, 5) is 28.3. The molecular formula is C24H25N3O3S. The van der Waals surface area contributed by atoms with Crippen LogP contribution in [0.25, 0.3) is 0 Å². The molecule has 0 radical (unpaired) electrons. The lowest BCUT2D eigenvalue weighted by Gasteiger charge is -2.21. The van der Waals surface area contributed by atoms with Crippen LogP contribution in [0.1, 0.15) is 29.0 Å². The van der Waals surface area contributed by atoms with Gasteiger partial charge in [-0.2, -0.15) is 0 Å². The number of nitrogens with one attached hydrogen (secondary N) is 2. The monoisotopic (exact) mass is 435 g/mol. The van der Waals surface area contributed by atoms with E-state index in [0.717, 1.165) is 29.4 Å². The van der Waals surface area contributed by atoms with Crippen molar-refractivity contribution >= 4 is 35.0 Å². The maximum atomic E-state index is 13.1. The summed E-state index contributed by atoms with van der Waals surface area (Å²) in [6.07, 6.45) is 3.92. The Morgan fingerprint density at radius 2 is 1.74 bits per heavy atom. The second kappa shape index (κ2) is 10.2. The highest BCUT2D eigenvalue weighted by molar-refractivity contribution is 8.00. The van der Waals surface area contributed by atoms with Crippen molar-refractivity contribution in [3.05, 3.63) is 78.3 Å². The zero-order chi connectivity index (χ0) is 21.5. The number of benzene rings is 2. The molecule has 31 heavy (non-hydrogen) atoms. The first kappa shape index (κ1) is 21.1. The van der Waals surface area contributed by atoms with E-state index in [2.05, 4.69) is 15.5 Å². The first-order chi connectivity index (χ1) is 15.2. The van der Waals surface area contributed by atoms with E-state index in [1.165, 1.54) is 24.6 Å². The van der Waals surface area contributed by atoms with E-state index in [9.17, 15) is 9.59 Å². The van der Waals surface area contributed by atoms with Gasteiger partial charge in [-0.15, -0.1) is 11.8 Å². The summed E-state index contributed by atoms with van der Waals surface area (Å²) < 4.78 is 5.22. The summed E-state index contributed by atoms with van der Waals surface area (Å²) >= 11 is 1.35. The van der Waals surface area contributed by atoms with Gasteiger partial charge >= 0.3 is 0 Å². The van der Waals surface area contributed by atoms with Gasteiger partial charge in [-0.3, -0.25) is 9.59 Å². The fourth-order valence-electron chi connectivity index (χ4n) is 3.58. The number of hydrogen-bond acceptors (Lipinski definition) is 5. The van der Waals surface area contributed by atoms with Gasteiger partial charge in [0.2, 0.25) is 5.91 Å². The first-order valence-corrected chi connectivity index (χ1v) is 11.4. The van der Waals surface area contributed by atoms with Crippen LogP contribution in [0.2, 0.25) is 0 Å². The van der Waals surface area contributed by atoms with Crippen LogP contribution in [-0.4, -0.2) is 30.7 Å². The minimum absolute atomic E-state index is 0.115. The quantitative estimate of drug-likeness (QED) is 0.508. The molecule has 1 fully saturated rings. The van der Waals surface area contributed by atoms with Gasteiger partial charge < -0.3 is 20.0 Å². The van der Waals surface area contributed by atoms with Crippen LogP contribution >= 0.6 is 11.8 Å². The smallest absolute Gasteiger partial charge is 0.256 e. The third kappa shape index (κ3) is 5.49. The van der Waals surface area contributed by atoms with Crippen LogP contribution < -0.4 is 15.5 Å². The number of thioether (sulfide) groups is 1. The van der Waals surface area contributed by atoms with Crippen LogP contribution in [0, 0.1) is 0 Å². The largest absolute Gasteiger partial charge is 0.467 e. The van der Waals surface area contributed by atoms with E-state index >= 15 is 0 Å². The normalized spacial score (nSPS) is 13.2. The molecule has 2 heterocycles. The van der Waals surface area contributed by atoms with Gasteiger partial charge in [0.1, 0.15) is 5.76 Å². The molecule has 1 aliphatic heterocycles. The summed E-state index contributed by atoms with van der Waals surface area (Å²) in [7, 11) is 0. The Hall–Kier alpha value is -3.19. The summed E-state index contributed by atoms with van der Waals surface area (Å²) in [5.41, 5.74) is 2.42. The SMILES string of the molecule is O=C(CSc1ccccc1C(=O)Nc1ccccc1N1CCCC1)NCc1ccco1. The van der Waals surface area contributed by atoms with Crippen LogP contribution in [0.5, 0.6) is 0 Å². The Labute approximate surface area is 186 Å². The molecule has 7 heteroatoms. The molecule has 0 unspecified atom stereocenters. The first-order valence-electron chi connectivity index (χ1n) is 10.4. The molecule has 1 aliphatic rings. The zero-order valence-corrected chi connectivity index (χ0v) is 18.0. The molecule has 0 saturated carbocycles. The van der Waals surface area contributed by atoms with Gasteiger partial charge in [0.15, 0.2) is 0 Å². The summed E-state index contributed by atoms with van der Waals surface area (Å²) in [5.74, 6) is 0.631. The van der Waals surface area contributed by atoms with Crippen LogP contribution in [0.4, 0.5) is 11.4 Å². The summed E-state index contributed by atoms with van der Waals surface area (Å²) in [5, 5.41) is 5.89. The third-order valence-corrected chi connectivity index (χ3v) is 6.20. The molecule has 2 N–H and O–H groups in total. The van der Waals surface area contributed by atoms with Gasteiger partial charge in [-0.1, -0.05) is 24.3 Å². The highest BCUT2D eigenvalue weighted by Gasteiger charge is 2.18. The second-order valence-electron chi connectivity index (χ2n) is 7.31. The molecule has 0 bridgehead atoms. The maximum Gasteiger partial charge on any atom is 0.256 e. The van der Waals surface area contributed by atoms with Crippen LogP contribution in [0.3, 0.4) is 0 Å². The predicted molar refractivity (Wildman–Crippen MR) is 124 cm³/mol. The van der Waals surface area contributed by atoms with E-state index in [-0.39, 0.29) is 17.6 Å². The lowest BCUT2D eigenvalue weighted by molar-refractivity contribution is -0.118. The van der Waals surface area contributed by atoms with E-state index in [1.54, 1.807) is 18.4 Å². The molecule has 1 saturated heterocycles. The van der Waals surface area contributed by atoms with Gasteiger partial charge in [-0.05, 0) is 49.2 Å². The average Bonchev–Trinajstić information content (AvgIpc) is 3.51. The van der Waals surface area contributed by atoms with Crippen molar-refractivity contribution in [2.45, 2.75) is 24.3 Å². The average molecular weight is 436 g/mol. The van der Waals surface area contributed by atoms with Crippen molar-refractivity contribution in [3.63, 3.8) is 0 Å². The minimum Gasteiger partial charge on any atom is -0.467 e. The van der Waals surface area contributed by atoms with Gasteiger partial charge in [-0.25, -0.2) is 0 Å². The van der Waals surface area contributed by atoms with Crippen molar-refractivity contribution in [2.24, 2.45) is 0 Å². The number of hydrogen-bond donors (Lipinski definition) is 2. The van der Waals surface area contributed by atoms with Gasteiger partial charge in [0.25, 0.3) is 5.91 Å². The Morgan fingerprint density at radius 3 is 2.55 bits per heavy atom. The summed E-state index contributed by atoms with van der Waals surface area (Å²) in [6, 6.07) is 18.9. The Bertz CT molecular complexity index is 1030. The number of carbonyl (C=O) groups excluding carboxylic acids is 2. The molecule has 2 aromatic carbocycles. The van der Waals surface area contributed by atoms with E-state index < -0.39 is 0 Å². The predicted octanol–water partition coefficient (Wildman–Crippen LogP) is 4.54. The zero-order valence-electron chi connectivity index (χ0n) is 17.2. The number of anilines is 2. The number of rotatable bonds is 8. The molecule has 3 aromatic rings. The number of carbonyl (C=O) groups is 2. The lowest BCUT2D eigenvalue weighted by Crippen LogP contribution is -2.24. The molecule has 0 spiro atoms. The van der Waals surface area contributed by atoms with Crippen LogP contribution in [-0.2, 0) is 11.3 Å². The Morgan fingerprint density at radius 1 is 0.968 bits per heavy atom. The maximum absolute atomic E-state index is 13.1. The van der Waals surface area contributed by atoms with E-state index in [1.807, 2.05) is 48.5 Å². The third-order valence-electron chi connectivity index (χ3n) is 5.13. The van der Waals surface area contributed by atoms with Crippen molar-refractivity contribution < 1.29 is 14.0 Å². The number of nitrogens with zero attached hydrogens (tertiary/aromatic N) is 1. The molecule has 4 rings (SSSR count). The van der Waals surface area contributed by atoms with Gasteiger partial charge in [0.05, 0.1) is 35.5 Å². The Balaban J connectivity index is 1.40. The highest BCUT2D eigenvalue weighted by atomic mass is 32.2. The standard InChI is InChI=1S/C24H25N3O3S/c28-23(25-16-18-8-7-15-30-18)17-31-22-12-4-1-9-19(22)24(29)26-20-10-2-3-11-21(20)27-13-5-6-14-27/h1-4,7-12,15H,5-6,13-14,16-17H2,(H,25,28)(H,26,29). The minimum atomic E-state index is -0.175. The van der Waals surface area contributed by atoms with Crippen molar-refractivity contribution in [1.82, 2.24) is 5.32 Å². The van der Waals surface area contributed by atoms with Crippen LogP contribution in [0.15, 0.2) is 76.2 Å². The molecule has 2 amide bonds. The molecule has 6 nitrogen and oxygen atoms in total. The fraction of sp³-hybridized carbons (Fsp3) is 0.250. The Kier molecular flexibility index (Phi) is 6.94. The van der Waals surface area contributed by atoms with Gasteiger partial charge in [0, 0.05) is 18.0 Å². The molecular weight excluding hydrogens is 410 g/mol. The van der Waals surface area contributed by atoms with E-state index in [0.29, 0.717) is 17.9 Å². The number of para-hydroxylation sites is 2. The molecule has 0 atom stereocenters. The molecule has 0 aliphatic carbocycles. The summed E-state index contributed by atoms with van der Waals surface area (Å²) in [6.45, 7) is 2.36. The highest BCUT2D eigenvalue weighted by Crippen LogP contribution is 2.30. The number of furan rings is 1. The lowest BCUT2D eigenvalue weighted by atomic mass is 10.2. The topological polar surface area (TPSA) is 74.6 Å². The second-order valence-corrected chi connectivity index (χ2v) is 8.32. The van der Waals surface area contributed by atoms with Crippen molar-refractivity contribution in [1.29, 1.82) is 0 Å². The molecule has 1 aromatic heterocycles. The fourth-order valence-corrected chi connectivity index (χ4v) is 4.46. The van der Waals surface area contributed by atoms with E-state index in [4.69, 9.17) is 4.42 Å². The van der Waals surface area contributed by atoms with Crippen molar-refractivity contribution in [2.75, 3.05) is 29.1 Å². The number of amides is 2. The molecule has 160 valence electrons.